The Balaban J connectivity index is 1.57. The lowest BCUT2D eigenvalue weighted by Crippen LogP contribution is -2.11. The van der Waals surface area contributed by atoms with E-state index in [4.69, 9.17) is 0 Å². The molecule has 0 aliphatic carbocycles. The molecule has 0 aliphatic heterocycles. The summed E-state index contributed by atoms with van der Waals surface area (Å²) in [6, 6.07) is 8.37. The Hall–Kier alpha value is -1.84. The molecular weight excluding hydrogens is 338 g/mol. The smallest absolute Gasteiger partial charge is 0.278 e. The van der Waals surface area contributed by atoms with E-state index in [9.17, 15) is 4.79 Å². The lowest BCUT2D eigenvalue weighted by atomic mass is 10.2. The van der Waals surface area contributed by atoms with Crippen molar-refractivity contribution in [3.8, 4) is 0 Å². The zero-order chi connectivity index (χ0) is 15.4. The molecule has 0 fully saturated rings. The van der Waals surface area contributed by atoms with Crippen molar-refractivity contribution >= 4 is 45.9 Å². The molecule has 22 heavy (non-hydrogen) atoms. The summed E-state index contributed by atoms with van der Waals surface area (Å²) in [4.78, 5) is 11.8. The molecule has 1 N–H and O–H groups in total. The number of aromatic nitrogens is 4. The number of hydrogen-bond acceptors (Lipinski definition) is 8. The number of rotatable bonds is 5. The minimum atomic E-state index is -0.319. The third-order valence-corrected chi connectivity index (χ3v) is 5.22. The third-order valence-electron chi connectivity index (χ3n) is 2.70. The fourth-order valence-corrected chi connectivity index (χ4v) is 3.69. The second kappa shape index (κ2) is 6.95. The normalized spacial score (nSPS) is 10.6. The summed E-state index contributed by atoms with van der Waals surface area (Å²) in [7, 11) is 0. The van der Waals surface area contributed by atoms with Gasteiger partial charge in [0.05, 0.1) is 17.9 Å². The van der Waals surface area contributed by atoms with Crippen LogP contribution in [0.3, 0.4) is 0 Å². The SMILES string of the molecule is Cc1ccc(CSc2nnc(NC(=O)c3cnsn3)s2)cc1. The molecule has 1 amide bonds. The van der Waals surface area contributed by atoms with Crippen LogP contribution in [0.25, 0.3) is 0 Å². The van der Waals surface area contributed by atoms with Gasteiger partial charge < -0.3 is 0 Å². The van der Waals surface area contributed by atoms with Crippen LogP contribution in [0.2, 0.25) is 0 Å². The zero-order valence-electron chi connectivity index (χ0n) is 11.5. The van der Waals surface area contributed by atoms with Crippen molar-refractivity contribution in [2.75, 3.05) is 5.32 Å². The predicted molar refractivity (Wildman–Crippen MR) is 88.5 cm³/mol. The number of carbonyl (C=O) groups is 1. The molecule has 0 saturated heterocycles. The molecule has 3 rings (SSSR count). The lowest BCUT2D eigenvalue weighted by Gasteiger charge is -1.99. The summed E-state index contributed by atoms with van der Waals surface area (Å²) in [5, 5.41) is 11.2. The predicted octanol–water partition coefficient (Wildman–Crippen LogP) is 3.24. The average molecular weight is 349 g/mol. The fraction of sp³-hybridized carbons (Fsp3) is 0.154. The van der Waals surface area contributed by atoms with E-state index >= 15 is 0 Å². The number of hydrogen-bond donors (Lipinski definition) is 1. The summed E-state index contributed by atoms with van der Waals surface area (Å²) in [6.07, 6.45) is 1.42. The highest BCUT2D eigenvalue weighted by Crippen LogP contribution is 2.28. The Morgan fingerprint density at radius 3 is 2.82 bits per heavy atom. The molecule has 0 unspecified atom stereocenters. The molecule has 3 aromatic rings. The first-order valence-corrected chi connectivity index (χ1v) is 8.85. The first kappa shape index (κ1) is 15.1. The quantitative estimate of drug-likeness (QED) is 0.562. The maximum atomic E-state index is 11.8. The minimum Gasteiger partial charge on any atom is -0.295 e. The third kappa shape index (κ3) is 3.87. The molecule has 9 heteroatoms. The van der Waals surface area contributed by atoms with Crippen LogP contribution in [0, 0.1) is 6.92 Å². The summed E-state index contributed by atoms with van der Waals surface area (Å²) in [5.74, 6) is 0.499. The highest BCUT2D eigenvalue weighted by atomic mass is 32.2. The van der Waals surface area contributed by atoms with Crippen molar-refractivity contribution in [3.05, 3.63) is 47.3 Å². The van der Waals surface area contributed by atoms with Gasteiger partial charge in [0.2, 0.25) is 5.13 Å². The van der Waals surface area contributed by atoms with Crippen LogP contribution in [0.4, 0.5) is 5.13 Å². The summed E-state index contributed by atoms with van der Waals surface area (Å²) in [6.45, 7) is 2.06. The van der Waals surface area contributed by atoms with E-state index in [0.717, 1.165) is 21.8 Å². The lowest BCUT2D eigenvalue weighted by molar-refractivity contribution is 0.102. The number of nitrogens with zero attached hydrogens (tertiary/aromatic N) is 4. The number of aryl methyl sites for hydroxylation is 1. The van der Waals surface area contributed by atoms with E-state index < -0.39 is 0 Å². The van der Waals surface area contributed by atoms with Gasteiger partial charge in [-0.1, -0.05) is 52.9 Å². The van der Waals surface area contributed by atoms with Gasteiger partial charge in [-0.25, -0.2) is 0 Å². The van der Waals surface area contributed by atoms with Crippen molar-refractivity contribution in [1.82, 2.24) is 18.9 Å². The van der Waals surface area contributed by atoms with Crippen LogP contribution >= 0.6 is 34.8 Å². The Bertz CT molecular complexity index is 754. The summed E-state index contributed by atoms with van der Waals surface area (Å²) >= 11 is 3.93. The van der Waals surface area contributed by atoms with E-state index in [-0.39, 0.29) is 11.6 Å². The number of carbonyl (C=O) groups excluding carboxylic acids is 1. The summed E-state index contributed by atoms with van der Waals surface area (Å²) < 4.78 is 8.48. The number of amides is 1. The number of anilines is 1. The van der Waals surface area contributed by atoms with Gasteiger partial charge in [0, 0.05) is 5.75 Å². The second-order valence-electron chi connectivity index (χ2n) is 4.39. The maximum absolute atomic E-state index is 11.8. The first-order valence-electron chi connectivity index (χ1n) is 6.31. The Morgan fingerprint density at radius 2 is 2.09 bits per heavy atom. The summed E-state index contributed by atoms with van der Waals surface area (Å²) in [5.41, 5.74) is 2.75. The van der Waals surface area contributed by atoms with E-state index in [1.807, 2.05) is 0 Å². The molecule has 1 aromatic carbocycles. The van der Waals surface area contributed by atoms with Gasteiger partial charge in [0.25, 0.3) is 5.91 Å². The van der Waals surface area contributed by atoms with Crippen LogP contribution in [0.15, 0.2) is 34.8 Å². The molecule has 0 aliphatic rings. The highest BCUT2D eigenvalue weighted by Gasteiger charge is 2.12. The van der Waals surface area contributed by atoms with E-state index in [1.165, 1.54) is 28.7 Å². The molecule has 2 aromatic heterocycles. The highest BCUT2D eigenvalue weighted by molar-refractivity contribution is 8.00. The van der Waals surface area contributed by atoms with Crippen LogP contribution in [-0.2, 0) is 5.75 Å². The Morgan fingerprint density at radius 1 is 1.27 bits per heavy atom. The van der Waals surface area contributed by atoms with Gasteiger partial charge in [-0.2, -0.15) is 8.75 Å². The molecule has 0 radical (unpaired) electrons. The fourth-order valence-electron chi connectivity index (χ4n) is 1.57. The monoisotopic (exact) mass is 349 g/mol. The van der Waals surface area contributed by atoms with Crippen LogP contribution in [-0.4, -0.2) is 24.9 Å². The largest absolute Gasteiger partial charge is 0.295 e. The van der Waals surface area contributed by atoms with E-state index in [2.05, 4.69) is 55.5 Å². The van der Waals surface area contributed by atoms with Crippen molar-refractivity contribution in [2.24, 2.45) is 0 Å². The van der Waals surface area contributed by atoms with Gasteiger partial charge in [-0.05, 0) is 12.5 Å². The van der Waals surface area contributed by atoms with Gasteiger partial charge >= 0.3 is 0 Å². The van der Waals surface area contributed by atoms with Crippen LogP contribution in [0.5, 0.6) is 0 Å². The first-order chi connectivity index (χ1) is 10.7. The molecule has 112 valence electrons. The van der Waals surface area contributed by atoms with Gasteiger partial charge in [0.15, 0.2) is 10.0 Å². The van der Waals surface area contributed by atoms with Gasteiger partial charge in [-0.15, -0.1) is 10.2 Å². The molecule has 2 heterocycles. The number of benzene rings is 1. The number of nitrogens with one attached hydrogen (secondary N) is 1. The standard InChI is InChI=1S/C13H11N5OS3/c1-8-2-4-9(5-3-8)7-20-13-17-16-12(21-13)15-11(19)10-6-14-22-18-10/h2-6H,7H2,1H3,(H,15,16,19). The molecule has 0 saturated carbocycles. The minimum absolute atomic E-state index is 0.286. The maximum Gasteiger partial charge on any atom is 0.278 e. The van der Waals surface area contributed by atoms with Crippen molar-refractivity contribution < 1.29 is 4.79 Å². The van der Waals surface area contributed by atoms with Crippen molar-refractivity contribution in [1.29, 1.82) is 0 Å². The van der Waals surface area contributed by atoms with E-state index in [1.54, 1.807) is 11.8 Å². The van der Waals surface area contributed by atoms with Crippen LogP contribution in [0.1, 0.15) is 21.6 Å². The molecule has 0 atom stereocenters. The van der Waals surface area contributed by atoms with Crippen molar-refractivity contribution in [3.63, 3.8) is 0 Å². The Labute approximate surface area is 139 Å². The number of thioether (sulfide) groups is 1. The van der Waals surface area contributed by atoms with Crippen LogP contribution < -0.4 is 5.32 Å². The molecule has 6 nitrogen and oxygen atoms in total. The second-order valence-corrected chi connectivity index (χ2v) is 7.15. The molecule has 0 spiro atoms. The van der Waals surface area contributed by atoms with E-state index in [0.29, 0.717) is 5.13 Å². The molecule has 0 bridgehead atoms. The Kier molecular flexibility index (Phi) is 4.76. The van der Waals surface area contributed by atoms with Gasteiger partial charge in [-0.3, -0.25) is 10.1 Å². The molecular formula is C13H11N5OS3. The topological polar surface area (TPSA) is 80.7 Å². The van der Waals surface area contributed by atoms with Crippen molar-refractivity contribution in [2.45, 2.75) is 17.0 Å². The van der Waals surface area contributed by atoms with Gasteiger partial charge in [0.1, 0.15) is 0 Å². The zero-order valence-corrected chi connectivity index (χ0v) is 14.0. The average Bonchev–Trinajstić information content (AvgIpc) is 3.18.